The molecule has 0 saturated heterocycles. The molecule has 0 radical (unpaired) electrons. The van der Waals surface area contributed by atoms with Crippen molar-refractivity contribution in [3.8, 4) is 0 Å². The lowest BCUT2D eigenvalue weighted by Crippen LogP contribution is -2.34. The van der Waals surface area contributed by atoms with Crippen LogP contribution in [0, 0.1) is 11.8 Å². The highest BCUT2D eigenvalue weighted by atomic mass is 16.4. The van der Waals surface area contributed by atoms with Crippen molar-refractivity contribution < 1.29 is 10.3 Å². The van der Waals surface area contributed by atoms with Gasteiger partial charge in [-0.1, -0.05) is 65.0 Å². The quantitative estimate of drug-likeness (QED) is 0.327. The van der Waals surface area contributed by atoms with Gasteiger partial charge in [0.05, 0.1) is 11.8 Å². The van der Waals surface area contributed by atoms with Crippen molar-refractivity contribution >= 4 is 5.71 Å². The first kappa shape index (κ1) is 18.4. The molecule has 19 heavy (non-hydrogen) atoms. The summed E-state index contributed by atoms with van der Waals surface area (Å²) in [6, 6.07) is 0. The highest BCUT2D eigenvalue weighted by Crippen LogP contribution is 2.24. The fourth-order valence-corrected chi connectivity index (χ4v) is 2.69. The van der Waals surface area contributed by atoms with Crippen LogP contribution in [0.15, 0.2) is 5.16 Å². The molecule has 0 aromatic heterocycles. The van der Waals surface area contributed by atoms with Crippen LogP contribution in [0.4, 0.5) is 0 Å². The molecule has 0 heterocycles. The fourth-order valence-electron chi connectivity index (χ4n) is 2.69. The molecule has 114 valence electrons. The average Bonchev–Trinajstić information content (AvgIpc) is 2.44. The van der Waals surface area contributed by atoms with Crippen LogP contribution in [0.1, 0.15) is 79.1 Å². The van der Waals surface area contributed by atoms with Crippen LogP contribution in [0.3, 0.4) is 0 Å². The summed E-state index contributed by atoms with van der Waals surface area (Å²) in [5.41, 5.74) is 0.610. The van der Waals surface area contributed by atoms with E-state index in [1.54, 1.807) is 0 Å². The minimum absolute atomic E-state index is 0.218. The van der Waals surface area contributed by atoms with Crippen molar-refractivity contribution in [2.45, 2.75) is 85.2 Å². The number of hydrogen-bond donors (Lipinski definition) is 2. The van der Waals surface area contributed by atoms with Gasteiger partial charge in [0.15, 0.2) is 0 Å². The van der Waals surface area contributed by atoms with Gasteiger partial charge in [0.1, 0.15) is 0 Å². The van der Waals surface area contributed by atoms with Crippen LogP contribution in [0.2, 0.25) is 0 Å². The van der Waals surface area contributed by atoms with Gasteiger partial charge in [0.2, 0.25) is 0 Å². The standard InChI is InChI=1S/C16H33NO2/c1-5-9-11-13(7-3)15(17-19)16(18)14(8-4)12-10-6-2/h13-14,16,18-19H,5-12H2,1-4H3. The summed E-state index contributed by atoms with van der Waals surface area (Å²) in [6.07, 6.45) is 7.83. The molecule has 0 amide bonds. The molecule has 0 bridgehead atoms. The molecule has 0 spiro atoms. The lowest BCUT2D eigenvalue weighted by atomic mass is 9.83. The van der Waals surface area contributed by atoms with E-state index in [9.17, 15) is 10.3 Å². The Morgan fingerprint density at radius 3 is 1.95 bits per heavy atom. The van der Waals surface area contributed by atoms with Crippen molar-refractivity contribution in [2.24, 2.45) is 17.0 Å². The molecule has 0 aliphatic heterocycles. The van der Waals surface area contributed by atoms with Gasteiger partial charge in [-0.3, -0.25) is 0 Å². The average molecular weight is 271 g/mol. The normalized spacial score (nSPS) is 17.2. The van der Waals surface area contributed by atoms with Gasteiger partial charge in [-0.15, -0.1) is 0 Å². The lowest BCUT2D eigenvalue weighted by molar-refractivity contribution is 0.146. The maximum Gasteiger partial charge on any atom is 0.0984 e. The summed E-state index contributed by atoms with van der Waals surface area (Å²) in [5.74, 6) is 0.442. The Morgan fingerprint density at radius 2 is 1.53 bits per heavy atom. The van der Waals surface area contributed by atoms with Crippen LogP contribution in [0.5, 0.6) is 0 Å². The van der Waals surface area contributed by atoms with E-state index in [0.717, 1.165) is 51.4 Å². The Morgan fingerprint density at radius 1 is 0.947 bits per heavy atom. The summed E-state index contributed by atoms with van der Waals surface area (Å²) in [6.45, 7) is 8.53. The molecular weight excluding hydrogens is 238 g/mol. The molecule has 0 aromatic rings. The van der Waals surface area contributed by atoms with Crippen LogP contribution < -0.4 is 0 Å². The van der Waals surface area contributed by atoms with Crippen LogP contribution in [0.25, 0.3) is 0 Å². The van der Waals surface area contributed by atoms with Gasteiger partial charge in [0, 0.05) is 5.92 Å². The summed E-state index contributed by atoms with van der Waals surface area (Å²) in [7, 11) is 0. The maximum atomic E-state index is 10.5. The Bertz CT molecular complexity index is 241. The zero-order valence-electron chi connectivity index (χ0n) is 13.2. The molecule has 3 unspecified atom stereocenters. The highest BCUT2D eigenvalue weighted by molar-refractivity contribution is 5.90. The summed E-state index contributed by atoms with van der Waals surface area (Å²) < 4.78 is 0. The minimum Gasteiger partial charge on any atom is -0.411 e. The third-order valence-electron chi connectivity index (χ3n) is 4.14. The first-order chi connectivity index (χ1) is 9.15. The third-order valence-corrected chi connectivity index (χ3v) is 4.14. The van der Waals surface area contributed by atoms with E-state index in [-0.39, 0.29) is 11.8 Å². The van der Waals surface area contributed by atoms with Crippen molar-refractivity contribution in [3.05, 3.63) is 0 Å². The van der Waals surface area contributed by atoms with E-state index >= 15 is 0 Å². The number of rotatable bonds is 11. The van der Waals surface area contributed by atoms with Crippen molar-refractivity contribution in [1.82, 2.24) is 0 Å². The number of aliphatic hydroxyl groups is 1. The Labute approximate surface area is 119 Å². The van der Waals surface area contributed by atoms with E-state index in [1.807, 2.05) is 0 Å². The molecular formula is C16H33NO2. The lowest BCUT2D eigenvalue weighted by Gasteiger charge is -2.26. The van der Waals surface area contributed by atoms with Crippen molar-refractivity contribution in [2.75, 3.05) is 0 Å². The Hall–Kier alpha value is -0.570. The minimum atomic E-state index is -0.580. The van der Waals surface area contributed by atoms with Gasteiger partial charge in [-0.25, -0.2) is 0 Å². The Kier molecular flexibility index (Phi) is 10.9. The van der Waals surface area contributed by atoms with E-state index in [0.29, 0.717) is 5.71 Å². The maximum absolute atomic E-state index is 10.5. The third kappa shape index (κ3) is 6.42. The molecule has 0 fully saturated rings. The monoisotopic (exact) mass is 271 g/mol. The molecule has 0 rings (SSSR count). The van der Waals surface area contributed by atoms with Crippen LogP contribution >= 0.6 is 0 Å². The van der Waals surface area contributed by atoms with Crippen molar-refractivity contribution in [3.63, 3.8) is 0 Å². The second-order valence-electron chi connectivity index (χ2n) is 5.53. The zero-order chi connectivity index (χ0) is 14.7. The molecule has 3 atom stereocenters. The van der Waals surface area contributed by atoms with E-state index in [4.69, 9.17) is 0 Å². The van der Waals surface area contributed by atoms with E-state index in [1.165, 1.54) is 0 Å². The number of nitrogens with zero attached hydrogens (tertiary/aromatic N) is 1. The summed E-state index contributed by atoms with van der Waals surface area (Å²) in [4.78, 5) is 0. The second kappa shape index (κ2) is 11.3. The molecule has 0 aliphatic rings. The van der Waals surface area contributed by atoms with Crippen LogP contribution in [-0.4, -0.2) is 22.1 Å². The number of unbranched alkanes of at least 4 members (excludes halogenated alkanes) is 2. The van der Waals surface area contributed by atoms with Gasteiger partial charge < -0.3 is 10.3 Å². The largest absolute Gasteiger partial charge is 0.411 e. The number of oxime groups is 1. The van der Waals surface area contributed by atoms with Gasteiger partial charge >= 0.3 is 0 Å². The SMILES string of the molecule is CCCCC(CC)C(=NO)C(O)C(CC)CCCC. The Balaban J connectivity index is 4.69. The topological polar surface area (TPSA) is 52.8 Å². The predicted molar refractivity (Wildman–Crippen MR) is 81.8 cm³/mol. The summed E-state index contributed by atoms with van der Waals surface area (Å²) >= 11 is 0. The smallest absolute Gasteiger partial charge is 0.0984 e. The van der Waals surface area contributed by atoms with Gasteiger partial charge in [-0.2, -0.15) is 0 Å². The highest BCUT2D eigenvalue weighted by Gasteiger charge is 2.27. The number of hydrogen-bond acceptors (Lipinski definition) is 3. The predicted octanol–water partition coefficient (Wildman–Crippen LogP) is 4.61. The second-order valence-corrected chi connectivity index (χ2v) is 5.53. The first-order valence-electron chi connectivity index (χ1n) is 8.05. The molecule has 0 aliphatic carbocycles. The molecule has 2 N–H and O–H groups in total. The van der Waals surface area contributed by atoms with Crippen LogP contribution in [-0.2, 0) is 0 Å². The number of aliphatic hydroxyl groups excluding tert-OH is 1. The molecule has 0 aromatic carbocycles. The zero-order valence-corrected chi connectivity index (χ0v) is 13.2. The van der Waals surface area contributed by atoms with E-state index in [2.05, 4.69) is 32.9 Å². The summed E-state index contributed by atoms with van der Waals surface area (Å²) in [5, 5.41) is 23.3. The molecule has 3 nitrogen and oxygen atoms in total. The van der Waals surface area contributed by atoms with Gasteiger partial charge in [0.25, 0.3) is 0 Å². The fraction of sp³-hybridized carbons (Fsp3) is 0.938. The van der Waals surface area contributed by atoms with Crippen molar-refractivity contribution in [1.29, 1.82) is 0 Å². The van der Waals surface area contributed by atoms with Gasteiger partial charge in [-0.05, 0) is 25.2 Å². The molecule has 3 heteroatoms. The van der Waals surface area contributed by atoms with E-state index < -0.39 is 6.10 Å². The first-order valence-corrected chi connectivity index (χ1v) is 8.05. The molecule has 0 saturated carbocycles.